The van der Waals surface area contributed by atoms with E-state index in [9.17, 15) is 5.11 Å². The summed E-state index contributed by atoms with van der Waals surface area (Å²) in [6.45, 7) is 11.1. The summed E-state index contributed by atoms with van der Waals surface area (Å²) in [6, 6.07) is 0. The van der Waals surface area contributed by atoms with Crippen LogP contribution in [0.15, 0.2) is 0 Å². The van der Waals surface area contributed by atoms with Gasteiger partial charge in [0.15, 0.2) is 0 Å². The van der Waals surface area contributed by atoms with Crippen LogP contribution in [-0.4, -0.2) is 34.7 Å². The molecule has 0 aromatic rings. The summed E-state index contributed by atoms with van der Waals surface area (Å²) in [4.78, 5) is 2.49. The van der Waals surface area contributed by atoms with Crippen LogP contribution < -0.4 is 0 Å². The molecule has 0 amide bonds. The number of hydrogen-bond acceptors (Lipinski definition) is 2. The lowest BCUT2D eigenvalue weighted by molar-refractivity contribution is -0.0187. The van der Waals surface area contributed by atoms with Gasteiger partial charge in [0.2, 0.25) is 0 Å². The van der Waals surface area contributed by atoms with E-state index in [0.29, 0.717) is 5.92 Å². The zero-order valence-electron chi connectivity index (χ0n) is 11.5. The summed E-state index contributed by atoms with van der Waals surface area (Å²) < 4.78 is 0. The molecule has 96 valence electrons. The molecule has 1 unspecified atom stereocenters. The van der Waals surface area contributed by atoms with Crippen LogP contribution in [0.1, 0.15) is 59.8 Å². The van der Waals surface area contributed by atoms with Gasteiger partial charge in [0.25, 0.3) is 0 Å². The predicted octanol–water partition coefficient (Wildman–Crippen LogP) is 3.05. The van der Waals surface area contributed by atoms with Crippen LogP contribution in [-0.2, 0) is 0 Å². The maximum Gasteiger partial charge on any atom is 0.0720 e. The molecule has 1 saturated heterocycles. The van der Waals surface area contributed by atoms with Crippen LogP contribution in [0, 0.1) is 5.92 Å². The zero-order chi connectivity index (χ0) is 12.2. The molecule has 0 spiro atoms. The summed E-state index contributed by atoms with van der Waals surface area (Å²) in [5.74, 6) is 0.571. The molecule has 2 nitrogen and oxygen atoms in total. The van der Waals surface area contributed by atoms with E-state index >= 15 is 0 Å². The molecule has 1 atom stereocenters. The Morgan fingerprint density at radius 1 is 1.06 bits per heavy atom. The van der Waals surface area contributed by atoms with Gasteiger partial charge in [-0.15, -0.1) is 0 Å². The van der Waals surface area contributed by atoms with E-state index in [2.05, 4.69) is 32.6 Å². The van der Waals surface area contributed by atoms with Crippen molar-refractivity contribution >= 4 is 0 Å². The molecule has 1 aliphatic rings. The summed E-state index contributed by atoms with van der Waals surface area (Å²) in [5.41, 5.74) is -0.0609. The minimum atomic E-state index is -0.203. The number of likely N-dealkylation sites (tertiary alicyclic amines) is 1. The highest BCUT2D eigenvalue weighted by molar-refractivity contribution is 4.90. The van der Waals surface area contributed by atoms with E-state index in [1.165, 1.54) is 25.7 Å². The lowest BCUT2D eigenvalue weighted by Crippen LogP contribution is -2.53. The van der Waals surface area contributed by atoms with Crippen LogP contribution in [0.3, 0.4) is 0 Å². The van der Waals surface area contributed by atoms with E-state index in [1.807, 2.05) is 0 Å². The van der Waals surface area contributed by atoms with E-state index in [4.69, 9.17) is 0 Å². The van der Waals surface area contributed by atoms with Crippen molar-refractivity contribution < 1.29 is 5.11 Å². The highest BCUT2D eigenvalue weighted by Gasteiger charge is 2.34. The molecule has 1 aliphatic heterocycles. The molecule has 0 aromatic carbocycles. The Hall–Kier alpha value is -0.0800. The molecular weight excluding hydrogens is 198 g/mol. The number of rotatable bonds is 4. The van der Waals surface area contributed by atoms with Crippen LogP contribution in [0.5, 0.6) is 0 Å². The first-order valence-electron chi connectivity index (χ1n) is 6.87. The van der Waals surface area contributed by atoms with Crippen molar-refractivity contribution in [3.63, 3.8) is 0 Å². The second kappa shape index (κ2) is 6.02. The van der Waals surface area contributed by atoms with Crippen molar-refractivity contribution in [2.75, 3.05) is 13.1 Å². The monoisotopic (exact) mass is 227 g/mol. The highest BCUT2D eigenvalue weighted by atomic mass is 16.3. The smallest absolute Gasteiger partial charge is 0.0720 e. The molecule has 1 heterocycles. The van der Waals surface area contributed by atoms with E-state index < -0.39 is 0 Å². The van der Waals surface area contributed by atoms with Gasteiger partial charge in [-0.3, -0.25) is 4.90 Å². The maximum atomic E-state index is 10.3. The van der Waals surface area contributed by atoms with Crippen LogP contribution in [0.4, 0.5) is 0 Å². The van der Waals surface area contributed by atoms with E-state index in [0.717, 1.165) is 19.5 Å². The Labute approximate surface area is 101 Å². The summed E-state index contributed by atoms with van der Waals surface area (Å²) in [7, 11) is 0. The van der Waals surface area contributed by atoms with Gasteiger partial charge in [-0.1, -0.05) is 26.7 Å². The minimum Gasteiger partial charge on any atom is -0.391 e. The summed E-state index contributed by atoms with van der Waals surface area (Å²) in [5, 5.41) is 10.3. The molecule has 0 saturated carbocycles. The fraction of sp³-hybridized carbons (Fsp3) is 1.00. The normalized spacial score (nSPS) is 22.1. The van der Waals surface area contributed by atoms with Crippen molar-refractivity contribution in [3.05, 3.63) is 0 Å². The molecule has 16 heavy (non-hydrogen) atoms. The van der Waals surface area contributed by atoms with Crippen molar-refractivity contribution in [3.8, 4) is 0 Å². The van der Waals surface area contributed by atoms with Gasteiger partial charge < -0.3 is 5.11 Å². The second-order valence-electron chi connectivity index (χ2n) is 6.20. The number of aliphatic hydroxyl groups excluding tert-OH is 1. The summed E-state index contributed by atoms with van der Waals surface area (Å²) >= 11 is 0. The topological polar surface area (TPSA) is 23.5 Å². The Bertz CT molecular complexity index is 193. The molecule has 0 aliphatic carbocycles. The van der Waals surface area contributed by atoms with Crippen molar-refractivity contribution in [2.24, 2.45) is 5.92 Å². The van der Waals surface area contributed by atoms with Crippen molar-refractivity contribution in [2.45, 2.75) is 71.4 Å². The minimum absolute atomic E-state index is 0.0609. The number of nitrogens with zero attached hydrogens (tertiary/aromatic N) is 1. The first kappa shape index (κ1) is 14.0. The summed E-state index contributed by atoms with van der Waals surface area (Å²) in [6.07, 6.45) is 5.99. The zero-order valence-corrected chi connectivity index (χ0v) is 11.5. The average molecular weight is 227 g/mol. The Kier molecular flexibility index (Phi) is 5.26. The Morgan fingerprint density at radius 2 is 1.56 bits per heavy atom. The molecule has 0 aromatic heterocycles. The van der Waals surface area contributed by atoms with Gasteiger partial charge in [-0.2, -0.15) is 0 Å². The van der Waals surface area contributed by atoms with Crippen LogP contribution in [0.25, 0.3) is 0 Å². The predicted molar refractivity (Wildman–Crippen MR) is 69.6 cm³/mol. The van der Waals surface area contributed by atoms with Gasteiger partial charge in [-0.05, 0) is 52.1 Å². The Morgan fingerprint density at radius 3 is 2.00 bits per heavy atom. The first-order chi connectivity index (χ1) is 7.44. The molecule has 0 radical (unpaired) electrons. The Balaban J connectivity index is 2.58. The molecule has 1 fully saturated rings. The molecule has 2 heteroatoms. The quantitative estimate of drug-likeness (QED) is 0.798. The third-order valence-electron chi connectivity index (χ3n) is 3.93. The third-order valence-corrected chi connectivity index (χ3v) is 3.93. The van der Waals surface area contributed by atoms with Gasteiger partial charge in [0.05, 0.1) is 6.10 Å². The number of aliphatic hydroxyl groups is 1. The van der Waals surface area contributed by atoms with Gasteiger partial charge in [0, 0.05) is 5.54 Å². The lowest BCUT2D eigenvalue weighted by atomic mass is 9.88. The molecule has 1 N–H and O–H groups in total. The van der Waals surface area contributed by atoms with E-state index in [1.54, 1.807) is 0 Å². The first-order valence-corrected chi connectivity index (χ1v) is 6.87. The van der Waals surface area contributed by atoms with Gasteiger partial charge in [-0.25, -0.2) is 0 Å². The lowest BCUT2D eigenvalue weighted by Gasteiger charge is -2.42. The fourth-order valence-electron chi connectivity index (χ4n) is 2.59. The van der Waals surface area contributed by atoms with Crippen molar-refractivity contribution in [1.29, 1.82) is 0 Å². The van der Waals surface area contributed by atoms with Crippen LogP contribution in [0.2, 0.25) is 0 Å². The van der Waals surface area contributed by atoms with E-state index in [-0.39, 0.29) is 11.6 Å². The molecule has 0 bridgehead atoms. The standard InChI is InChI=1S/C14H29NO/c1-12(2)11-13(16)14(3,4)15-9-7-5-6-8-10-15/h12-13,16H,5-11H2,1-4H3. The van der Waals surface area contributed by atoms with Crippen molar-refractivity contribution in [1.82, 2.24) is 4.90 Å². The third kappa shape index (κ3) is 3.74. The van der Waals surface area contributed by atoms with Gasteiger partial charge >= 0.3 is 0 Å². The largest absolute Gasteiger partial charge is 0.391 e. The maximum absolute atomic E-state index is 10.3. The van der Waals surface area contributed by atoms with Crippen LogP contribution >= 0.6 is 0 Å². The SMILES string of the molecule is CC(C)CC(O)C(C)(C)N1CCCCCC1. The molecule has 1 rings (SSSR count). The fourth-order valence-corrected chi connectivity index (χ4v) is 2.59. The highest BCUT2D eigenvalue weighted by Crippen LogP contribution is 2.26. The number of hydrogen-bond donors (Lipinski definition) is 1. The average Bonchev–Trinajstić information content (AvgIpc) is 2.44. The second-order valence-corrected chi connectivity index (χ2v) is 6.20. The molecular formula is C14H29NO. The van der Waals surface area contributed by atoms with Gasteiger partial charge in [0.1, 0.15) is 0 Å².